The van der Waals surface area contributed by atoms with Crippen molar-refractivity contribution in [1.82, 2.24) is 0 Å². The maximum absolute atomic E-state index is 9.31. The maximum atomic E-state index is 9.31. The Morgan fingerprint density at radius 3 is 2.10 bits per heavy atom. The fourth-order valence-electron chi connectivity index (χ4n) is 1.43. The van der Waals surface area contributed by atoms with Crippen LogP contribution < -0.4 is 0 Å². The van der Waals surface area contributed by atoms with Gasteiger partial charge in [-0.15, -0.1) is 17.6 Å². The van der Waals surface area contributed by atoms with Crippen LogP contribution in [-0.2, 0) is 0 Å². The molecular weight excluding hydrogens is 514 g/mol. The normalized spacial score (nSPS) is 9.80. The summed E-state index contributed by atoms with van der Waals surface area (Å²) in [6.45, 7) is 0. The van der Waals surface area contributed by atoms with E-state index in [1.807, 2.05) is 0 Å². The van der Waals surface area contributed by atoms with Crippen molar-refractivity contribution in [2.45, 2.75) is 0 Å². The molecule has 0 atom stereocenters. The van der Waals surface area contributed by atoms with Gasteiger partial charge in [-0.25, -0.2) is 6.07 Å². The molecule has 0 aromatic heterocycles. The van der Waals surface area contributed by atoms with Crippen LogP contribution in [0.3, 0.4) is 0 Å². The summed E-state index contributed by atoms with van der Waals surface area (Å²) in [4.78, 5) is 0. The molecule has 0 aliphatic heterocycles. The standard InChI is InChI=1S/C14H10O4.2Pr/c15-11-5-10(6-12(16)8-11)2-1-9-3-4-13(17)14(18)7-9;;/h1-5,7,15-18H;;/q-2;;/b2-1+;;. The van der Waals surface area contributed by atoms with Crippen LogP contribution in [0.15, 0.2) is 24.3 Å². The van der Waals surface area contributed by atoms with Crippen molar-refractivity contribution in [3.05, 3.63) is 47.5 Å². The molecule has 0 bridgehead atoms. The molecule has 0 saturated heterocycles. The molecule has 0 aliphatic rings. The van der Waals surface area contributed by atoms with E-state index in [9.17, 15) is 15.3 Å². The van der Waals surface area contributed by atoms with Gasteiger partial charge in [0.1, 0.15) is 0 Å². The molecule has 0 fully saturated rings. The number of hydrogen-bond donors (Lipinski definition) is 4. The van der Waals surface area contributed by atoms with Crippen LogP contribution in [0.4, 0.5) is 0 Å². The second-order valence-corrected chi connectivity index (χ2v) is 3.67. The summed E-state index contributed by atoms with van der Waals surface area (Å²) in [7, 11) is 0. The van der Waals surface area contributed by atoms with E-state index in [1.54, 1.807) is 18.2 Å². The van der Waals surface area contributed by atoms with Gasteiger partial charge < -0.3 is 26.5 Å². The number of aromatic hydroxyl groups is 4. The topological polar surface area (TPSA) is 80.9 Å². The van der Waals surface area contributed by atoms with Crippen LogP contribution in [0, 0.1) is 94.7 Å². The van der Waals surface area contributed by atoms with Gasteiger partial charge in [0.25, 0.3) is 0 Å². The Morgan fingerprint density at radius 1 is 0.800 bits per heavy atom. The van der Waals surface area contributed by atoms with Crippen molar-refractivity contribution in [3.8, 4) is 23.0 Å². The fraction of sp³-hybridized carbons (Fsp3) is 0. The van der Waals surface area contributed by atoms with Crippen molar-refractivity contribution in [3.63, 3.8) is 0 Å². The van der Waals surface area contributed by atoms with Crippen LogP contribution in [0.2, 0.25) is 0 Å². The quantitative estimate of drug-likeness (QED) is 0.277. The summed E-state index contributed by atoms with van der Waals surface area (Å²) in [5.41, 5.74) is 1.13. The smallest absolute Gasteiger partial charge is 0.157 e. The third-order valence-corrected chi connectivity index (χ3v) is 2.26. The van der Waals surface area contributed by atoms with Crippen molar-refractivity contribution in [1.29, 1.82) is 0 Å². The predicted octanol–water partition coefficient (Wildman–Crippen LogP) is 2.28. The van der Waals surface area contributed by atoms with Crippen molar-refractivity contribution in [2.24, 2.45) is 0 Å². The average molecular weight is 524 g/mol. The summed E-state index contributed by atoms with van der Waals surface area (Å²) in [6, 6.07) is 10.6. The zero-order chi connectivity index (χ0) is 13.1. The van der Waals surface area contributed by atoms with E-state index in [1.165, 1.54) is 18.2 Å². The monoisotopic (exact) mass is 524 g/mol. The average Bonchev–Trinajstić information content (AvgIpc) is 2.29. The number of benzene rings is 2. The molecule has 20 heavy (non-hydrogen) atoms. The van der Waals surface area contributed by atoms with Gasteiger partial charge in [-0.3, -0.25) is 11.6 Å². The van der Waals surface area contributed by atoms with Crippen LogP contribution in [-0.4, -0.2) is 20.4 Å². The van der Waals surface area contributed by atoms with E-state index in [0.717, 1.165) is 0 Å². The number of phenols is 4. The molecule has 4 N–H and O–H groups in total. The summed E-state index contributed by atoms with van der Waals surface area (Å²) in [5, 5.41) is 36.9. The van der Waals surface area contributed by atoms with Crippen molar-refractivity contribution >= 4 is 12.2 Å². The molecule has 6 heteroatoms. The van der Waals surface area contributed by atoms with Gasteiger partial charge in [-0.05, 0) is 17.7 Å². The van der Waals surface area contributed by atoms with Gasteiger partial charge in [0.05, 0.1) is 0 Å². The first kappa shape index (κ1) is 20.1. The molecule has 2 aromatic rings. The Kier molecular flexibility index (Phi) is 9.24. The molecule has 2 radical (unpaired) electrons. The van der Waals surface area contributed by atoms with E-state index >= 15 is 0 Å². The first-order valence-corrected chi connectivity index (χ1v) is 5.12. The minimum atomic E-state index is -0.275. The van der Waals surface area contributed by atoms with Gasteiger partial charge in [0.15, 0.2) is 11.5 Å². The molecule has 2 rings (SSSR count). The molecule has 98 valence electrons. The van der Waals surface area contributed by atoms with Crippen LogP contribution in [0.1, 0.15) is 11.1 Å². The third kappa shape index (κ3) is 5.85. The number of rotatable bonds is 2. The van der Waals surface area contributed by atoms with Gasteiger partial charge >= 0.3 is 0 Å². The first-order valence-electron chi connectivity index (χ1n) is 5.12. The van der Waals surface area contributed by atoms with Crippen LogP contribution >= 0.6 is 0 Å². The maximum Gasteiger partial charge on any atom is 0.157 e. The van der Waals surface area contributed by atoms with E-state index in [4.69, 9.17) is 5.11 Å². The Morgan fingerprint density at radius 2 is 1.50 bits per heavy atom. The molecule has 0 saturated carbocycles. The molecule has 2 aromatic carbocycles. The zero-order valence-corrected chi connectivity index (χ0v) is 17.8. The molecule has 0 unspecified atom stereocenters. The van der Waals surface area contributed by atoms with Gasteiger partial charge in [0, 0.05) is 82.6 Å². The van der Waals surface area contributed by atoms with Crippen LogP contribution in [0.25, 0.3) is 12.2 Å². The number of phenolic OH excluding ortho intramolecular Hbond substituents is 4. The second-order valence-electron chi connectivity index (χ2n) is 3.67. The summed E-state index contributed by atoms with van der Waals surface area (Å²) in [6.07, 6.45) is 3.24. The second kappa shape index (κ2) is 9.19. The van der Waals surface area contributed by atoms with Gasteiger partial charge in [-0.1, -0.05) is 12.1 Å². The minimum Gasteiger partial charge on any atom is -0.559 e. The largest absolute Gasteiger partial charge is 0.559 e. The summed E-state index contributed by atoms with van der Waals surface area (Å²) >= 11 is 0. The molecule has 0 heterocycles. The van der Waals surface area contributed by atoms with Crippen LogP contribution in [0.5, 0.6) is 23.0 Å². The van der Waals surface area contributed by atoms with E-state index < -0.39 is 0 Å². The summed E-state index contributed by atoms with van der Waals surface area (Å²) in [5.74, 6) is -0.862. The molecule has 0 spiro atoms. The Bertz CT molecular complexity index is 592. The SMILES string of the molecule is Oc1[c-]c(O)cc(/C=C/c2ccc(O)c(O)c2)[c-]1.[Pr].[Pr]. The van der Waals surface area contributed by atoms with Gasteiger partial charge in [0.2, 0.25) is 0 Å². The Hall–Kier alpha value is 0.107. The first-order chi connectivity index (χ1) is 8.54. The molecule has 0 aliphatic carbocycles. The van der Waals surface area contributed by atoms with E-state index in [0.29, 0.717) is 11.1 Å². The molecule has 4 nitrogen and oxygen atoms in total. The third-order valence-electron chi connectivity index (χ3n) is 2.26. The minimum absolute atomic E-state index is 0. The Balaban J connectivity index is 0.00000180. The zero-order valence-electron chi connectivity index (χ0n) is 10.4. The number of hydrogen-bond acceptors (Lipinski definition) is 4. The predicted molar refractivity (Wildman–Crippen MR) is 66.1 cm³/mol. The van der Waals surface area contributed by atoms with Crippen molar-refractivity contribution < 1.29 is 103 Å². The Labute approximate surface area is 183 Å². The van der Waals surface area contributed by atoms with Crippen molar-refractivity contribution in [2.75, 3.05) is 0 Å². The van der Waals surface area contributed by atoms with E-state index in [2.05, 4.69) is 12.1 Å². The molecular formula is C14H10O4Pr2-2. The van der Waals surface area contributed by atoms with Gasteiger partial charge in [-0.2, -0.15) is 0 Å². The summed E-state index contributed by atoms with van der Waals surface area (Å²) < 4.78 is 0. The van der Waals surface area contributed by atoms with E-state index in [-0.39, 0.29) is 106 Å². The molecule has 0 amide bonds. The fourth-order valence-corrected chi connectivity index (χ4v) is 1.43.